The molecule has 1 aromatic rings. The minimum atomic E-state index is 0.592. The zero-order valence-electron chi connectivity index (χ0n) is 8.83. The standard InChI is InChI=1S/C10H18BrN3/c1-9(2)12-5-3-4-6-14-8-10(11)7-13-14/h7-9,12H,3-6H2,1-2H3. The average molecular weight is 260 g/mol. The Morgan fingerprint density at radius 3 is 2.86 bits per heavy atom. The lowest BCUT2D eigenvalue weighted by Gasteiger charge is -2.07. The first kappa shape index (κ1) is 11.7. The van der Waals surface area contributed by atoms with Crippen molar-refractivity contribution in [1.82, 2.24) is 15.1 Å². The van der Waals surface area contributed by atoms with Gasteiger partial charge in [0, 0.05) is 18.8 Å². The first-order chi connectivity index (χ1) is 6.68. The number of rotatable bonds is 6. The molecule has 1 N–H and O–H groups in total. The van der Waals surface area contributed by atoms with E-state index in [-0.39, 0.29) is 0 Å². The van der Waals surface area contributed by atoms with E-state index in [1.807, 2.05) is 17.1 Å². The van der Waals surface area contributed by atoms with Gasteiger partial charge >= 0.3 is 0 Å². The first-order valence-corrected chi connectivity index (χ1v) is 5.89. The molecule has 0 saturated heterocycles. The molecule has 0 amide bonds. The zero-order valence-corrected chi connectivity index (χ0v) is 10.4. The fourth-order valence-corrected chi connectivity index (χ4v) is 1.58. The van der Waals surface area contributed by atoms with Crippen molar-refractivity contribution >= 4 is 15.9 Å². The predicted octanol–water partition coefficient (Wildman–Crippen LogP) is 2.42. The highest BCUT2D eigenvalue weighted by Crippen LogP contribution is 2.06. The fourth-order valence-electron chi connectivity index (χ4n) is 1.25. The second-order valence-electron chi connectivity index (χ2n) is 3.74. The number of aromatic nitrogens is 2. The van der Waals surface area contributed by atoms with Gasteiger partial charge in [-0.05, 0) is 35.3 Å². The highest BCUT2D eigenvalue weighted by molar-refractivity contribution is 9.10. The molecule has 0 spiro atoms. The van der Waals surface area contributed by atoms with Crippen LogP contribution in [0.5, 0.6) is 0 Å². The molecule has 0 saturated carbocycles. The van der Waals surface area contributed by atoms with E-state index in [0.717, 1.165) is 17.6 Å². The summed E-state index contributed by atoms with van der Waals surface area (Å²) in [6.45, 7) is 6.45. The Morgan fingerprint density at radius 2 is 2.29 bits per heavy atom. The number of hydrogen-bond acceptors (Lipinski definition) is 2. The van der Waals surface area contributed by atoms with E-state index in [1.165, 1.54) is 12.8 Å². The van der Waals surface area contributed by atoms with Crippen molar-refractivity contribution in [2.24, 2.45) is 0 Å². The van der Waals surface area contributed by atoms with Crippen molar-refractivity contribution in [1.29, 1.82) is 0 Å². The second kappa shape index (κ2) is 6.19. The summed E-state index contributed by atoms with van der Waals surface area (Å²) in [7, 11) is 0. The van der Waals surface area contributed by atoms with Crippen LogP contribution < -0.4 is 5.32 Å². The van der Waals surface area contributed by atoms with Crippen LogP contribution in [0.25, 0.3) is 0 Å². The lowest BCUT2D eigenvalue weighted by molar-refractivity contribution is 0.512. The first-order valence-electron chi connectivity index (χ1n) is 5.10. The maximum atomic E-state index is 4.20. The highest BCUT2D eigenvalue weighted by atomic mass is 79.9. The second-order valence-corrected chi connectivity index (χ2v) is 4.65. The number of nitrogens with one attached hydrogen (secondary N) is 1. The lowest BCUT2D eigenvalue weighted by Crippen LogP contribution is -2.23. The van der Waals surface area contributed by atoms with Crippen LogP contribution in [-0.4, -0.2) is 22.4 Å². The molecular weight excluding hydrogens is 242 g/mol. The van der Waals surface area contributed by atoms with E-state index >= 15 is 0 Å². The number of aryl methyl sites for hydroxylation is 1. The van der Waals surface area contributed by atoms with Gasteiger partial charge in [0.05, 0.1) is 10.7 Å². The number of unbranched alkanes of at least 4 members (excludes halogenated alkanes) is 1. The monoisotopic (exact) mass is 259 g/mol. The van der Waals surface area contributed by atoms with Gasteiger partial charge in [0.1, 0.15) is 0 Å². The molecule has 1 heterocycles. The number of nitrogens with zero attached hydrogens (tertiary/aromatic N) is 2. The third-order valence-corrected chi connectivity index (χ3v) is 2.38. The van der Waals surface area contributed by atoms with Crippen LogP contribution in [0.2, 0.25) is 0 Å². The fraction of sp³-hybridized carbons (Fsp3) is 0.700. The molecular formula is C10H18BrN3. The summed E-state index contributed by atoms with van der Waals surface area (Å²) in [4.78, 5) is 0. The van der Waals surface area contributed by atoms with Crippen molar-refractivity contribution in [2.45, 2.75) is 39.3 Å². The molecule has 0 aliphatic rings. The Morgan fingerprint density at radius 1 is 1.50 bits per heavy atom. The van der Waals surface area contributed by atoms with Crippen molar-refractivity contribution in [3.63, 3.8) is 0 Å². The molecule has 1 aromatic heterocycles. The van der Waals surface area contributed by atoms with E-state index in [9.17, 15) is 0 Å². The van der Waals surface area contributed by atoms with Crippen LogP contribution in [0.1, 0.15) is 26.7 Å². The van der Waals surface area contributed by atoms with E-state index in [0.29, 0.717) is 6.04 Å². The normalized spacial score (nSPS) is 11.1. The molecule has 0 aliphatic heterocycles. The summed E-state index contributed by atoms with van der Waals surface area (Å²) in [5.74, 6) is 0. The van der Waals surface area contributed by atoms with Crippen molar-refractivity contribution < 1.29 is 0 Å². The Labute approximate surface area is 94.0 Å². The van der Waals surface area contributed by atoms with Gasteiger partial charge in [-0.15, -0.1) is 0 Å². The van der Waals surface area contributed by atoms with E-state index in [2.05, 4.69) is 40.2 Å². The lowest BCUT2D eigenvalue weighted by atomic mass is 10.3. The molecule has 0 aliphatic carbocycles. The maximum Gasteiger partial charge on any atom is 0.0632 e. The van der Waals surface area contributed by atoms with Crippen molar-refractivity contribution in [3.05, 3.63) is 16.9 Å². The highest BCUT2D eigenvalue weighted by Gasteiger charge is 1.95. The van der Waals surface area contributed by atoms with Gasteiger partial charge in [-0.25, -0.2) is 0 Å². The summed E-state index contributed by atoms with van der Waals surface area (Å²) < 4.78 is 3.03. The minimum Gasteiger partial charge on any atom is -0.315 e. The average Bonchev–Trinajstić information content (AvgIpc) is 2.50. The van der Waals surface area contributed by atoms with E-state index in [1.54, 1.807) is 0 Å². The Balaban J connectivity index is 2.04. The Hall–Kier alpha value is -0.350. The molecule has 3 nitrogen and oxygen atoms in total. The molecule has 0 bridgehead atoms. The van der Waals surface area contributed by atoms with Crippen LogP contribution >= 0.6 is 15.9 Å². The molecule has 0 aromatic carbocycles. The SMILES string of the molecule is CC(C)NCCCCn1cc(Br)cn1. The van der Waals surface area contributed by atoms with Gasteiger partial charge in [-0.3, -0.25) is 4.68 Å². The van der Waals surface area contributed by atoms with Crippen LogP contribution in [-0.2, 0) is 6.54 Å². The van der Waals surface area contributed by atoms with Crippen LogP contribution in [0.15, 0.2) is 16.9 Å². The van der Waals surface area contributed by atoms with Gasteiger partial charge in [-0.2, -0.15) is 5.10 Å². The van der Waals surface area contributed by atoms with E-state index < -0.39 is 0 Å². The minimum absolute atomic E-state index is 0.592. The van der Waals surface area contributed by atoms with Gasteiger partial charge in [0.15, 0.2) is 0 Å². The van der Waals surface area contributed by atoms with Crippen molar-refractivity contribution in [2.75, 3.05) is 6.54 Å². The third-order valence-electron chi connectivity index (χ3n) is 1.97. The molecule has 4 heteroatoms. The van der Waals surface area contributed by atoms with Crippen molar-refractivity contribution in [3.8, 4) is 0 Å². The molecule has 14 heavy (non-hydrogen) atoms. The van der Waals surface area contributed by atoms with Gasteiger partial charge in [0.2, 0.25) is 0 Å². The summed E-state index contributed by atoms with van der Waals surface area (Å²) in [6, 6.07) is 0.592. The van der Waals surface area contributed by atoms with Gasteiger partial charge < -0.3 is 5.32 Å². The Kier molecular flexibility index (Phi) is 5.19. The molecule has 0 unspecified atom stereocenters. The molecule has 0 atom stereocenters. The maximum absolute atomic E-state index is 4.20. The van der Waals surface area contributed by atoms with Crippen LogP contribution in [0, 0.1) is 0 Å². The third kappa shape index (κ3) is 4.77. The molecule has 80 valence electrons. The largest absolute Gasteiger partial charge is 0.315 e. The van der Waals surface area contributed by atoms with Crippen LogP contribution in [0.3, 0.4) is 0 Å². The van der Waals surface area contributed by atoms with Gasteiger partial charge in [-0.1, -0.05) is 13.8 Å². The molecule has 0 fully saturated rings. The molecule has 0 radical (unpaired) electrons. The summed E-state index contributed by atoms with van der Waals surface area (Å²) in [6.07, 6.45) is 6.21. The zero-order chi connectivity index (χ0) is 10.4. The summed E-state index contributed by atoms with van der Waals surface area (Å²) in [5, 5.41) is 7.60. The Bertz CT molecular complexity index is 258. The van der Waals surface area contributed by atoms with E-state index in [4.69, 9.17) is 0 Å². The van der Waals surface area contributed by atoms with Crippen LogP contribution in [0.4, 0.5) is 0 Å². The summed E-state index contributed by atoms with van der Waals surface area (Å²) >= 11 is 3.38. The summed E-state index contributed by atoms with van der Waals surface area (Å²) in [5.41, 5.74) is 0. The number of hydrogen-bond donors (Lipinski definition) is 1. The predicted molar refractivity (Wildman–Crippen MR) is 62.3 cm³/mol. The molecule has 1 rings (SSSR count). The topological polar surface area (TPSA) is 29.9 Å². The smallest absolute Gasteiger partial charge is 0.0632 e. The number of halogens is 1. The van der Waals surface area contributed by atoms with Gasteiger partial charge in [0.25, 0.3) is 0 Å². The quantitative estimate of drug-likeness (QED) is 0.796.